The van der Waals surface area contributed by atoms with E-state index in [9.17, 15) is 4.79 Å². The largest absolute Gasteiger partial charge is 0.496 e. The minimum Gasteiger partial charge on any atom is -0.496 e. The molecule has 2 aromatic rings. The lowest BCUT2D eigenvalue weighted by Gasteiger charge is -2.24. The van der Waals surface area contributed by atoms with Crippen molar-refractivity contribution in [2.75, 3.05) is 46.9 Å². The van der Waals surface area contributed by atoms with Crippen molar-refractivity contribution in [1.82, 2.24) is 0 Å². The minimum atomic E-state index is -0.688. The van der Waals surface area contributed by atoms with Gasteiger partial charge in [-0.1, -0.05) is 6.07 Å². The van der Waals surface area contributed by atoms with E-state index in [-0.39, 0.29) is 12.6 Å². The van der Waals surface area contributed by atoms with Crippen molar-refractivity contribution >= 4 is 11.7 Å². The quantitative estimate of drug-likeness (QED) is 0.643. The Morgan fingerprint density at radius 1 is 1.00 bits per heavy atom. The second kappa shape index (κ2) is 9.35. The number of methoxy groups -OCH3 is 3. The number of aryl methyl sites for hydroxylation is 1. The van der Waals surface area contributed by atoms with Crippen LogP contribution in [0.15, 0.2) is 30.3 Å². The van der Waals surface area contributed by atoms with Crippen molar-refractivity contribution in [3.05, 3.63) is 47.0 Å². The van der Waals surface area contributed by atoms with Crippen LogP contribution in [0, 0.1) is 6.92 Å². The Morgan fingerprint density at radius 2 is 1.61 bits per heavy atom. The predicted octanol–water partition coefficient (Wildman–Crippen LogP) is 3.78. The Morgan fingerprint density at radius 3 is 2.04 bits per heavy atom. The number of ether oxygens (including phenoxy) is 4. The van der Waals surface area contributed by atoms with Gasteiger partial charge in [0.1, 0.15) is 23.2 Å². The zero-order valence-electron chi connectivity index (χ0n) is 17.7. The summed E-state index contributed by atoms with van der Waals surface area (Å²) in [5.41, 5.74) is 3.48. The zero-order valence-corrected chi connectivity index (χ0v) is 17.7. The monoisotopic (exact) mass is 387 g/mol. The molecular formula is C22H29NO5. The average molecular weight is 387 g/mol. The number of carbonyl (C=O) groups excluding carboxylic acids is 1. The lowest BCUT2D eigenvalue weighted by atomic mass is 9.86. The molecule has 2 rings (SSSR count). The summed E-state index contributed by atoms with van der Waals surface area (Å²) in [5, 5.41) is 0. The summed E-state index contributed by atoms with van der Waals surface area (Å²) in [7, 11) is 8.64. The highest BCUT2D eigenvalue weighted by Crippen LogP contribution is 2.43. The van der Waals surface area contributed by atoms with Gasteiger partial charge in [-0.2, -0.15) is 0 Å². The number of esters is 1. The molecule has 0 radical (unpaired) electrons. The van der Waals surface area contributed by atoms with E-state index in [1.54, 1.807) is 40.4 Å². The van der Waals surface area contributed by atoms with E-state index in [2.05, 4.69) is 0 Å². The third-order valence-electron chi connectivity index (χ3n) is 4.64. The molecule has 0 spiro atoms. The summed E-state index contributed by atoms with van der Waals surface area (Å²) in [4.78, 5) is 15.0. The third kappa shape index (κ3) is 4.32. The van der Waals surface area contributed by atoms with E-state index < -0.39 is 5.92 Å². The number of nitrogens with zero attached hydrogens (tertiary/aromatic N) is 1. The van der Waals surface area contributed by atoms with Gasteiger partial charge in [-0.05, 0) is 37.1 Å². The van der Waals surface area contributed by atoms with E-state index in [4.69, 9.17) is 18.9 Å². The molecule has 0 aliphatic carbocycles. The standard InChI is InChI=1S/C22H29NO5/c1-8-28-22(24)20(17-10-9-15(23(3)4)11-14(17)2)21-18(26-6)12-16(25-5)13-19(21)27-7/h9-13,20H,8H2,1-7H3. The van der Waals surface area contributed by atoms with Gasteiger partial charge in [0.2, 0.25) is 0 Å². The molecule has 6 nitrogen and oxygen atoms in total. The van der Waals surface area contributed by atoms with Crippen LogP contribution in [0.1, 0.15) is 29.5 Å². The first-order valence-electron chi connectivity index (χ1n) is 9.12. The predicted molar refractivity (Wildman–Crippen MR) is 110 cm³/mol. The highest BCUT2D eigenvalue weighted by atomic mass is 16.5. The zero-order chi connectivity index (χ0) is 20.8. The van der Waals surface area contributed by atoms with E-state index in [1.165, 1.54) is 0 Å². The van der Waals surface area contributed by atoms with Crippen LogP contribution in [-0.2, 0) is 9.53 Å². The normalized spacial score (nSPS) is 11.5. The molecule has 0 fully saturated rings. The summed E-state index contributed by atoms with van der Waals surface area (Å²) in [5.74, 6) is 0.548. The molecule has 0 saturated heterocycles. The molecule has 2 aromatic carbocycles. The average Bonchev–Trinajstić information content (AvgIpc) is 2.69. The van der Waals surface area contributed by atoms with E-state index >= 15 is 0 Å². The van der Waals surface area contributed by atoms with Crippen LogP contribution in [0.25, 0.3) is 0 Å². The van der Waals surface area contributed by atoms with Crippen LogP contribution >= 0.6 is 0 Å². The summed E-state index contributed by atoms with van der Waals surface area (Å²) in [6, 6.07) is 9.47. The Labute approximate surface area is 167 Å². The van der Waals surface area contributed by atoms with Gasteiger partial charge in [0.05, 0.1) is 33.5 Å². The van der Waals surface area contributed by atoms with Gasteiger partial charge in [-0.25, -0.2) is 0 Å². The highest BCUT2D eigenvalue weighted by molar-refractivity contribution is 5.85. The lowest BCUT2D eigenvalue weighted by molar-refractivity contribution is -0.143. The third-order valence-corrected chi connectivity index (χ3v) is 4.64. The molecule has 0 aliphatic rings. The molecule has 0 aromatic heterocycles. The molecule has 0 heterocycles. The molecule has 0 saturated carbocycles. The molecule has 0 amide bonds. The van der Waals surface area contributed by atoms with Gasteiger partial charge in [0.25, 0.3) is 0 Å². The van der Waals surface area contributed by atoms with Gasteiger partial charge in [0.15, 0.2) is 0 Å². The fourth-order valence-electron chi connectivity index (χ4n) is 3.20. The van der Waals surface area contributed by atoms with Crippen LogP contribution in [0.2, 0.25) is 0 Å². The summed E-state index contributed by atoms with van der Waals surface area (Å²) in [6.07, 6.45) is 0. The molecule has 0 aliphatic heterocycles. The van der Waals surface area contributed by atoms with Crippen molar-refractivity contribution in [1.29, 1.82) is 0 Å². The maximum Gasteiger partial charge on any atom is 0.318 e. The molecular weight excluding hydrogens is 358 g/mol. The molecule has 0 bridgehead atoms. The maximum atomic E-state index is 13.0. The van der Waals surface area contributed by atoms with Crippen molar-refractivity contribution in [3.8, 4) is 17.2 Å². The summed E-state index contributed by atoms with van der Waals surface area (Å²) in [6.45, 7) is 4.06. The number of rotatable bonds is 8. The Kier molecular flexibility index (Phi) is 7.15. The summed E-state index contributed by atoms with van der Waals surface area (Å²) >= 11 is 0. The number of hydrogen-bond acceptors (Lipinski definition) is 6. The first-order chi connectivity index (χ1) is 13.4. The Balaban J connectivity index is 2.74. The molecule has 1 atom stereocenters. The van der Waals surface area contributed by atoms with Crippen molar-refractivity contribution in [3.63, 3.8) is 0 Å². The minimum absolute atomic E-state index is 0.283. The molecule has 152 valence electrons. The van der Waals surface area contributed by atoms with Crippen LogP contribution in [0.4, 0.5) is 5.69 Å². The van der Waals surface area contributed by atoms with Gasteiger partial charge in [0, 0.05) is 31.9 Å². The van der Waals surface area contributed by atoms with E-state index in [1.807, 2.05) is 44.1 Å². The Bertz CT molecular complexity index is 807. The van der Waals surface area contributed by atoms with Gasteiger partial charge >= 0.3 is 5.97 Å². The van der Waals surface area contributed by atoms with Gasteiger partial charge < -0.3 is 23.8 Å². The SMILES string of the molecule is CCOC(=O)C(c1ccc(N(C)C)cc1C)c1c(OC)cc(OC)cc1OC. The summed E-state index contributed by atoms with van der Waals surface area (Å²) < 4.78 is 21.9. The second-order valence-electron chi connectivity index (χ2n) is 6.57. The van der Waals surface area contributed by atoms with Crippen LogP contribution in [-0.4, -0.2) is 48.0 Å². The first-order valence-corrected chi connectivity index (χ1v) is 9.12. The fraction of sp³-hybridized carbons (Fsp3) is 0.409. The molecule has 6 heteroatoms. The first kappa shape index (κ1) is 21.4. The van der Waals surface area contributed by atoms with Crippen LogP contribution < -0.4 is 19.1 Å². The Hall–Kier alpha value is -2.89. The molecule has 1 unspecified atom stereocenters. The van der Waals surface area contributed by atoms with Crippen molar-refractivity contribution in [2.24, 2.45) is 0 Å². The smallest absolute Gasteiger partial charge is 0.318 e. The van der Waals surface area contributed by atoms with Crippen molar-refractivity contribution < 1.29 is 23.7 Å². The number of benzene rings is 2. The topological polar surface area (TPSA) is 57.2 Å². The van der Waals surface area contributed by atoms with Crippen LogP contribution in [0.3, 0.4) is 0 Å². The van der Waals surface area contributed by atoms with E-state index in [0.717, 1.165) is 16.8 Å². The number of carbonyl (C=O) groups is 1. The molecule has 28 heavy (non-hydrogen) atoms. The lowest BCUT2D eigenvalue weighted by Crippen LogP contribution is -2.20. The number of hydrogen-bond donors (Lipinski definition) is 0. The fourth-order valence-corrected chi connectivity index (χ4v) is 3.20. The van der Waals surface area contributed by atoms with Gasteiger partial charge in [-0.15, -0.1) is 0 Å². The van der Waals surface area contributed by atoms with Crippen LogP contribution in [0.5, 0.6) is 17.2 Å². The van der Waals surface area contributed by atoms with Crippen molar-refractivity contribution in [2.45, 2.75) is 19.8 Å². The molecule has 0 N–H and O–H groups in total. The second-order valence-corrected chi connectivity index (χ2v) is 6.57. The maximum absolute atomic E-state index is 13.0. The number of anilines is 1. The van der Waals surface area contributed by atoms with Gasteiger partial charge in [-0.3, -0.25) is 4.79 Å². The van der Waals surface area contributed by atoms with E-state index in [0.29, 0.717) is 22.8 Å². The highest BCUT2D eigenvalue weighted by Gasteiger charge is 2.32.